The van der Waals surface area contributed by atoms with E-state index in [9.17, 15) is 9.59 Å². The fourth-order valence-corrected chi connectivity index (χ4v) is 5.53. The molecule has 1 atom stereocenters. The molecule has 1 amide bonds. The van der Waals surface area contributed by atoms with Gasteiger partial charge >= 0.3 is 5.97 Å². The second-order valence-electron chi connectivity index (χ2n) is 10.3. The number of rotatable bonds is 11. The van der Waals surface area contributed by atoms with Crippen molar-refractivity contribution in [3.8, 4) is 17.2 Å². The third-order valence-corrected chi connectivity index (χ3v) is 8.00. The number of nitrogens with one attached hydrogen (secondary N) is 1. The average Bonchev–Trinajstić information content (AvgIpc) is 3.46. The normalized spacial score (nSPS) is 21.3. The quantitative estimate of drug-likeness (QED) is 0.287. The molecular weight excluding hydrogens is 484 g/mol. The largest absolute Gasteiger partial charge is 0.480 e. The van der Waals surface area contributed by atoms with Crippen LogP contribution < -0.4 is 10.1 Å². The molecule has 9 heteroatoms. The van der Waals surface area contributed by atoms with E-state index < -0.39 is 11.5 Å². The van der Waals surface area contributed by atoms with Crippen molar-refractivity contribution < 1.29 is 23.5 Å². The number of benzene rings is 1. The average molecular weight is 521 g/mol. The minimum atomic E-state index is -0.593. The van der Waals surface area contributed by atoms with E-state index in [1.165, 1.54) is 0 Å². The van der Waals surface area contributed by atoms with Gasteiger partial charge in [0.25, 0.3) is 0 Å². The summed E-state index contributed by atoms with van der Waals surface area (Å²) in [5.74, 6) is 1.23. The summed E-state index contributed by atoms with van der Waals surface area (Å²) in [5, 5.41) is 3.62. The standard InChI is InChI=1S/C29H36N4O5/c1-30-25(34)11-5-3-4-10-23(38-28(35)29-12-15-33(16-13-29)17-14-29)27-31-19-24(37-27)21-18-20-8-6-7-9-22(20)32-26(21)36-2/h6-9,18-19,23H,3-5,10-17H2,1-2H3,(H,30,34)/t23-/m0/s1. The van der Waals surface area contributed by atoms with Crippen LogP contribution in [0.4, 0.5) is 0 Å². The molecule has 0 radical (unpaired) electrons. The summed E-state index contributed by atoms with van der Waals surface area (Å²) in [7, 11) is 3.23. The molecule has 2 bridgehead atoms. The van der Waals surface area contributed by atoms with E-state index in [4.69, 9.17) is 13.9 Å². The van der Waals surface area contributed by atoms with Crippen LogP contribution in [0.15, 0.2) is 40.9 Å². The number of methoxy groups -OCH3 is 1. The van der Waals surface area contributed by atoms with Crippen molar-refractivity contribution in [3.05, 3.63) is 42.4 Å². The van der Waals surface area contributed by atoms with Gasteiger partial charge in [0, 0.05) is 18.9 Å². The van der Waals surface area contributed by atoms with Crippen LogP contribution >= 0.6 is 0 Å². The number of pyridine rings is 1. The second-order valence-corrected chi connectivity index (χ2v) is 10.3. The Hall–Kier alpha value is -3.46. The minimum Gasteiger partial charge on any atom is -0.480 e. The molecule has 0 spiro atoms. The van der Waals surface area contributed by atoms with E-state index in [0.29, 0.717) is 35.9 Å². The van der Waals surface area contributed by atoms with Gasteiger partial charge in [0.2, 0.25) is 17.7 Å². The smallest absolute Gasteiger partial charge is 0.313 e. The lowest BCUT2D eigenvalue weighted by molar-refractivity contribution is -0.171. The monoisotopic (exact) mass is 520 g/mol. The molecule has 3 saturated heterocycles. The van der Waals surface area contributed by atoms with E-state index in [0.717, 1.165) is 69.1 Å². The molecule has 1 N–H and O–H groups in total. The summed E-state index contributed by atoms with van der Waals surface area (Å²) in [4.78, 5) is 36.6. The maximum absolute atomic E-state index is 13.5. The summed E-state index contributed by atoms with van der Waals surface area (Å²) in [6.07, 6.45) is 7.03. The number of oxazole rings is 1. The fraction of sp³-hybridized carbons (Fsp3) is 0.517. The number of fused-ring (bicyclic) bond motifs is 4. The topological polar surface area (TPSA) is 107 Å². The third-order valence-electron chi connectivity index (χ3n) is 8.00. The van der Waals surface area contributed by atoms with Crippen LogP contribution in [0, 0.1) is 5.41 Å². The summed E-state index contributed by atoms with van der Waals surface area (Å²) < 4.78 is 18.0. The van der Waals surface area contributed by atoms with Crippen molar-refractivity contribution in [1.29, 1.82) is 0 Å². The zero-order chi connectivity index (χ0) is 26.5. The van der Waals surface area contributed by atoms with Gasteiger partial charge in [0.15, 0.2) is 11.9 Å². The minimum absolute atomic E-state index is 0.0333. The Labute approximate surface area is 222 Å². The van der Waals surface area contributed by atoms with Crippen LogP contribution in [0.5, 0.6) is 5.88 Å². The molecule has 0 saturated carbocycles. The molecule has 38 heavy (non-hydrogen) atoms. The number of amides is 1. The molecule has 5 heterocycles. The van der Waals surface area contributed by atoms with Crippen LogP contribution in [0.2, 0.25) is 0 Å². The molecule has 6 rings (SSSR count). The van der Waals surface area contributed by atoms with Crippen LogP contribution in [0.1, 0.15) is 63.4 Å². The highest BCUT2D eigenvalue weighted by molar-refractivity contribution is 5.85. The molecular formula is C29H36N4O5. The Kier molecular flexibility index (Phi) is 7.93. The first-order chi connectivity index (χ1) is 18.5. The van der Waals surface area contributed by atoms with Gasteiger partial charge in [-0.05, 0) is 70.3 Å². The van der Waals surface area contributed by atoms with Gasteiger partial charge in [0.05, 0.1) is 29.8 Å². The van der Waals surface area contributed by atoms with Gasteiger partial charge in [-0.2, -0.15) is 0 Å². The van der Waals surface area contributed by atoms with E-state index in [1.54, 1.807) is 20.4 Å². The molecule has 0 aliphatic carbocycles. The Balaban J connectivity index is 1.36. The highest BCUT2D eigenvalue weighted by atomic mass is 16.6. The Morgan fingerprint density at radius 1 is 1.13 bits per heavy atom. The molecule has 3 aliphatic heterocycles. The predicted octanol–water partition coefficient (Wildman–Crippen LogP) is 4.67. The maximum Gasteiger partial charge on any atom is 0.313 e. The molecule has 3 fully saturated rings. The van der Waals surface area contributed by atoms with E-state index in [2.05, 4.69) is 20.2 Å². The van der Waals surface area contributed by atoms with E-state index in [-0.39, 0.29) is 11.9 Å². The van der Waals surface area contributed by atoms with E-state index >= 15 is 0 Å². The molecule has 1 aromatic carbocycles. The number of ether oxygens (including phenoxy) is 2. The van der Waals surface area contributed by atoms with Crippen LogP contribution in [0.25, 0.3) is 22.2 Å². The number of piperidine rings is 3. The SMILES string of the molecule is CNC(=O)CCCCC[C@H](OC(=O)C12CCN(CC1)CC2)c1ncc(-c2cc3ccccc3nc2OC)o1. The summed E-state index contributed by atoms with van der Waals surface area (Å²) in [6, 6.07) is 9.79. The highest BCUT2D eigenvalue weighted by Crippen LogP contribution is 2.43. The van der Waals surface area contributed by atoms with Gasteiger partial charge in [-0.3, -0.25) is 9.59 Å². The van der Waals surface area contributed by atoms with Crippen molar-refractivity contribution in [2.24, 2.45) is 5.41 Å². The first-order valence-electron chi connectivity index (χ1n) is 13.6. The summed E-state index contributed by atoms with van der Waals surface area (Å²) in [5.41, 5.74) is 1.11. The van der Waals surface area contributed by atoms with E-state index in [1.807, 2.05) is 30.3 Å². The summed E-state index contributed by atoms with van der Waals surface area (Å²) in [6.45, 7) is 2.82. The molecule has 9 nitrogen and oxygen atoms in total. The number of hydrogen-bond donors (Lipinski definition) is 1. The molecule has 3 aromatic rings. The van der Waals surface area contributed by atoms with Crippen molar-refractivity contribution in [1.82, 2.24) is 20.2 Å². The lowest BCUT2D eigenvalue weighted by Gasteiger charge is -2.46. The lowest BCUT2D eigenvalue weighted by Crippen LogP contribution is -2.52. The lowest BCUT2D eigenvalue weighted by atomic mass is 9.72. The Morgan fingerprint density at radius 3 is 2.63 bits per heavy atom. The first kappa shape index (κ1) is 26.2. The number of esters is 1. The molecule has 2 aromatic heterocycles. The van der Waals surface area contributed by atoms with Crippen molar-refractivity contribution in [3.63, 3.8) is 0 Å². The Morgan fingerprint density at radius 2 is 1.89 bits per heavy atom. The molecule has 3 aliphatic rings. The van der Waals surface area contributed by atoms with Gasteiger partial charge in [-0.1, -0.05) is 24.6 Å². The maximum atomic E-state index is 13.5. The summed E-state index contributed by atoms with van der Waals surface area (Å²) >= 11 is 0. The van der Waals surface area contributed by atoms with Crippen molar-refractivity contribution in [2.75, 3.05) is 33.8 Å². The highest BCUT2D eigenvalue weighted by Gasteiger charge is 2.47. The number of hydrogen-bond acceptors (Lipinski definition) is 8. The fourth-order valence-electron chi connectivity index (χ4n) is 5.53. The number of para-hydroxylation sites is 1. The third kappa shape index (κ3) is 5.53. The van der Waals surface area contributed by atoms with Crippen LogP contribution in [0.3, 0.4) is 0 Å². The van der Waals surface area contributed by atoms with Gasteiger partial charge < -0.3 is 24.1 Å². The molecule has 0 unspecified atom stereocenters. The van der Waals surface area contributed by atoms with Gasteiger partial charge in [0.1, 0.15) is 0 Å². The number of carbonyl (C=O) groups is 2. The van der Waals surface area contributed by atoms with Gasteiger partial charge in [-0.15, -0.1) is 0 Å². The number of carbonyl (C=O) groups excluding carboxylic acids is 2. The zero-order valence-electron chi connectivity index (χ0n) is 22.2. The van der Waals surface area contributed by atoms with Crippen molar-refractivity contribution in [2.45, 2.75) is 57.5 Å². The van der Waals surface area contributed by atoms with Crippen molar-refractivity contribution >= 4 is 22.8 Å². The van der Waals surface area contributed by atoms with Crippen LogP contribution in [-0.2, 0) is 14.3 Å². The Bertz CT molecular complexity index is 1270. The number of unbranched alkanes of at least 4 members (excludes halogenated alkanes) is 2. The predicted molar refractivity (Wildman–Crippen MR) is 143 cm³/mol. The van der Waals surface area contributed by atoms with Gasteiger partial charge in [-0.25, -0.2) is 9.97 Å². The van der Waals surface area contributed by atoms with Crippen LogP contribution in [-0.4, -0.2) is 60.5 Å². The zero-order valence-corrected chi connectivity index (χ0v) is 22.2. The number of aromatic nitrogens is 2. The first-order valence-corrected chi connectivity index (χ1v) is 13.6. The second kappa shape index (κ2) is 11.5. The molecule has 202 valence electrons. The number of nitrogens with zero attached hydrogens (tertiary/aromatic N) is 3.